The summed E-state index contributed by atoms with van der Waals surface area (Å²) >= 11 is 1.43. The van der Waals surface area contributed by atoms with Crippen LogP contribution in [0, 0.1) is 5.82 Å². The lowest BCUT2D eigenvalue weighted by molar-refractivity contribution is -0.139. The summed E-state index contributed by atoms with van der Waals surface area (Å²) < 4.78 is 51.8. The zero-order valence-electron chi connectivity index (χ0n) is 14.2. The summed E-state index contributed by atoms with van der Waals surface area (Å²) in [4.78, 5) is 20.5. The maximum absolute atomic E-state index is 13.4. The molecule has 0 unspecified atom stereocenters. The van der Waals surface area contributed by atoms with Crippen molar-refractivity contribution in [2.45, 2.75) is 17.0 Å². The van der Waals surface area contributed by atoms with Gasteiger partial charge in [0.15, 0.2) is 0 Å². The molecule has 1 amide bonds. The largest absolute Gasteiger partial charge is 0.419 e. The zero-order chi connectivity index (χ0) is 20.1. The van der Waals surface area contributed by atoms with E-state index in [0.717, 1.165) is 16.7 Å². The van der Waals surface area contributed by atoms with Gasteiger partial charge in [0.05, 0.1) is 11.8 Å². The van der Waals surface area contributed by atoms with Crippen LogP contribution in [-0.4, -0.2) is 15.9 Å². The maximum atomic E-state index is 13.4. The number of hydrogen-bond donors (Lipinski definition) is 1. The number of carbonyl (C=O) groups excluding carboxylic acids is 1. The van der Waals surface area contributed by atoms with Crippen molar-refractivity contribution in [2.75, 3.05) is 5.32 Å². The second-order valence-electron chi connectivity index (χ2n) is 5.68. The van der Waals surface area contributed by atoms with Crippen LogP contribution in [0.3, 0.4) is 0 Å². The summed E-state index contributed by atoms with van der Waals surface area (Å²) in [7, 11) is 0. The third-order valence-corrected chi connectivity index (χ3v) is 4.63. The number of thioether (sulfide) groups is 1. The molecule has 0 aliphatic rings. The van der Waals surface area contributed by atoms with Crippen molar-refractivity contribution in [1.29, 1.82) is 0 Å². The number of amides is 1. The fourth-order valence-electron chi connectivity index (χ4n) is 2.34. The lowest BCUT2D eigenvalue weighted by Crippen LogP contribution is -2.14. The van der Waals surface area contributed by atoms with E-state index in [0.29, 0.717) is 17.9 Å². The molecule has 0 saturated carbocycles. The number of nitrogens with zero attached hydrogens (tertiary/aromatic N) is 2. The van der Waals surface area contributed by atoms with Crippen LogP contribution in [0.1, 0.15) is 21.5 Å². The van der Waals surface area contributed by atoms with Crippen molar-refractivity contribution < 1.29 is 22.4 Å². The van der Waals surface area contributed by atoms with Gasteiger partial charge in [-0.1, -0.05) is 12.1 Å². The first-order valence-electron chi connectivity index (χ1n) is 7.99. The number of anilines is 1. The monoisotopic (exact) mass is 407 g/mol. The third-order valence-electron chi connectivity index (χ3n) is 3.65. The van der Waals surface area contributed by atoms with Crippen LogP contribution in [0.5, 0.6) is 0 Å². The quantitative estimate of drug-likeness (QED) is 0.468. The van der Waals surface area contributed by atoms with Gasteiger partial charge in [-0.2, -0.15) is 13.2 Å². The van der Waals surface area contributed by atoms with Crippen molar-refractivity contribution in [1.82, 2.24) is 9.97 Å². The van der Waals surface area contributed by atoms with E-state index in [1.165, 1.54) is 11.8 Å². The molecule has 3 aromatic rings. The van der Waals surface area contributed by atoms with Crippen LogP contribution in [-0.2, 0) is 11.9 Å². The van der Waals surface area contributed by atoms with Crippen molar-refractivity contribution in [3.05, 3.63) is 83.6 Å². The predicted molar refractivity (Wildman–Crippen MR) is 97.4 cm³/mol. The summed E-state index contributed by atoms with van der Waals surface area (Å²) in [6.45, 7) is 0. The molecule has 4 nitrogen and oxygen atoms in total. The highest BCUT2D eigenvalue weighted by atomic mass is 32.2. The highest BCUT2D eigenvalue weighted by molar-refractivity contribution is 7.98. The topological polar surface area (TPSA) is 54.9 Å². The van der Waals surface area contributed by atoms with E-state index in [1.54, 1.807) is 36.8 Å². The van der Waals surface area contributed by atoms with Gasteiger partial charge in [0.1, 0.15) is 10.8 Å². The highest BCUT2D eigenvalue weighted by Gasteiger charge is 2.34. The number of alkyl halides is 3. The van der Waals surface area contributed by atoms with Gasteiger partial charge in [0.25, 0.3) is 5.91 Å². The third kappa shape index (κ3) is 5.07. The van der Waals surface area contributed by atoms with Crippen molar-refractivity contribution in [3.8, 4) is 0 Å². The van der Waals surface area contributed by atoms with Gasteiger partial charge >= 0.3 is 6.18 Å². The number of nitrogens with one attached hydrogen (secondary N) is 1. The second kappa shape index (κ2) is 8.39. The molecule has 2 aromatic carbocycles. The lowest BCUT2D eigenvalue weighted by atomic mass is 10.1. The van der Waals surface area contributed by atoms with Gasteiger partial charge in [-0.05, 0) is 35.9 Å². The molecule has 1 N–H and O–H groups in total. The minimum absolute atomic E-state index is 0.141. The minimum atomic E-state index is -4.84. The minimum Gasteiger partial charge on any atom is -0.322 e. The second-order valence-corrected chi connectivity index (χ2v) is 6.67. The average Bonchev–Trinajstić information content (AvgIpc) is 2.68. The Hall–Kier alpha value is -2.94. The summed E-state index contributed by atoms with van der Waals surface area (Å²) in [6, 6.07) is 8.99. The Labute approximate surface area is 162 Å². The van der Waals surface area contributed by atoms with E-state index in [1.807, 2.05) is 6.07 Å². The van der Waals surface area contributed by atoms with Crippen molar-refractivity contribution in [2.24, 2.45) is 0 Å². The van der Waals surface area contributed by atoms with Crippen LogP contribution >= 0.6 is 11.8 Å². The maximum Gasteiger partial charge on any atom is 0.419 e. The summed E-state index contributed by atoms with van der Waals surface area (Å²) in [5.41, 5.74) is -0.467. The molecule has 0 aliphatic heterocycles. The molecular weight excluding hydrogens is 394 g/mol. The molecule has 3 rings (SSSR count). The van der Waals surface area contributed by atoms with Gasteiger partial charge in [0, 0.05) is 29.4 Å². The smallest absolute Gasteiger partial charge is 0.322 e. The molecule has 0 fully saturated rings. The standard InChI is InChI=1S/C19H13F4N3OS/c20-16-5-4-14(9-15(16)19(21,22)23)26-18(27)13-3-1-2-12(8-13)11-28-17-10-24-6-7-25-17/h1-10H,11H2,(H,26,27). The molecule has 144 valence electrons. The first kappa shape index (κ1) is 19.8. The lowest BCUT2D eigenvalue weighted by Gasteiger charge is -2.11. The van der Waals surface area contributed by atoms with E-state index in [2.05, 4.69) is 15.3 Å². The van der Waals surface area contributed by atoms with Gasteiger partial charge in [-0.25, -0.2) is 9.37 Å². The fourth-order valence-corrected chi connectivity index (χ4v) is 3.11. The Morgan fingerprint density at radius 3 is 2.64 bits per heavy atom. The summed E-state index contributed by atoms with van der Waals surface area (Å²) in [5, 5.41) is 3.09. The first-order valence-corrected chi connectivity index (χ1v) is 8.97. The fraction of sp³-hybridized carbons (Fsp3) is 0.105. The molecule has 0 saturated heterocycles. The van der Waals surface area contributed by atoms with E-state index >= 15 is 0 Å². The number of benzene rings is 2. The molecule has 0 spiro atoms. The van der Waals surface area contributed by atoms with Gasteiger partial charge in [0.2, 0.25) is 0 Å². The Bertz CT molecular complexity index is 980. The molecule has 0 bridgehead atoms. The van der Waals surface area contributed by atoms with Gasteiger partial charge in [-0.15, -0.1) is 11.8 Å². The van der Waals surface area contributed by atoms with E-state index in [9.17, 15) is 22.4 Å². The summed E-state index contributed by atoms with van der Waals surface area (Å²) in [6.07, 6.45) is -0.0882. The Kier molecular flexibility index (Phi) is 5.93. The molecule has 9 heteroatoms. The SMILES string of the molecule is O=C(Nc1ccc(F)c(C(F)(F)F)c1)c1cccc(CSc2cnccn2)c1. The van der Waals surface area contributed by atoms with Crippen LogP contribution in [0.4, 0.5) is 23.2 Å². The Morgan fingerprint density at radius 2 is 1.93 bits per heavy atom. The summed E-state index contributed by atoms with van der Waals surface area (Å²) in [5.74, 6) is -1.45. The molecule has 0 radical (unpaired) electrons. The molecule has 0 aliphatic carbocycles. The Morgan fingerprint density at radius 1 is 1.11 bits per heavy atom. The van der Waals surface area contributed by atoms with Gasteiger partial charge in [-0.3, -0.25) is 9.78 Å². The van der Waals surface area contributed by atoms with Crippen molar-refractivity contribution >= 4 is 23.4 Å². The normalized spacial score (nSPS) is 11.3. The molecular formula is C19H13F4N3OS. The number of hydrogen-bond acceptors (Lipinski definition) is 4. The Balaban J connectivity index is 1.71. The first-order chi connectivity index (χ1) is 13.3. The zero-order valence-corrected chi connectivity index (χ0v) is 15.0. The van der Waals surface area contributed by atoms with Gasteiger partial charge < -0.3 is 5.32 Å². The number of carbonyl (C=O) groups is 1. The average molecular weight is 407 g/mol. The van der Waals surface area contributed by atoms with E-state index in [4.69, 9.17) is 0 Å². The van der Waals surface area contributed by atoms with E-state index < -0.39 is 23.5 Å². The predicted octanol–water partition coefficient (Wildman–Crippen LogP) is 5.18. The van der Waals surface area contributed by atoms with Crippen molar-refractivity contribution in [3.63, 3.8) is 0 Å². The van der Waals surface area contributed by atoms with Crippen LogP contribution in [0.15, 0.2) is 66.1 Å². The molecule has 0 atom stereocenters. The molecule has 28 heavy (non-hydrogen) atoms. The van der Waals surface area contributed by atoms with Crippen LogP contribution in [0.25, 0.3) is 0 Å². The molecule has 1 aromatic heterocycles. The molecule has 1 heterocycles. The van der Waals surface area contributed by atoms with Crippen LogP contribution in [0.2, 0.25) is 0 Å². The van der Waals surface area contributed by atoms with E-state index in [-0.39, 0.29) is 11.3 Å². The van der Waals surface area contributed by atoms with Crippen LogP contribution < -0.4 is 5.32 Å². The highest BCUT2D eigenvalue weighted by Crippen LogP contribution is 2.33. The number of rotatable bonds is 5. The number of halogens is 4. The number of aromatic nitrogens is 2.